The number of benzene rings is 2. The van der Waals surface area contributed by atoms with Crippen molar-refractivity contribution in [1.82, 2.24) is 0 Å². The predicted molar refractivity (Wildman–Crippen MR) is 72.0 cm³/mol. The van der Waals surface area contributed by atoms with Gasteiger partial charge in [-0.05, 0) is 30.7 Å². The van der Waals surface area contributed by atoms with Crippen molar-refractivity contribution in [1.29, 1.82) is 0 Å². The van der Waals surface area contributed by atoms with E-state index in [1.807, 2.05) is 55.5 Å². The van der Waals surface area contributed by atoms with Crippen LogP contribution in [-0.4, -0.2) is 6.10 Å². The van der Waals surface area contributed by atoms with Crippen molar-refractivity contribution < 1.29 is 4.74 Å². The van der Waals surface area contributed by atoms with Crippen molar-refractivity contribution in [2.24, 2.45) is 0 Å². The van der Waals surface area contributed by atoms with Crippen LogP contribution in [0.3, 0.4) is 0 Å². The highest BCUT2D eigenvalue weighted by Crippen LogP contribution is 2.12. The van der Waals surface area contributed by atoms with Gasteiger partial charge in [0, 0.05) is 0 Å². The van der Waals surface area contributed by atoms with E-state index >= 15 is 0 Å². The minimum absolute atomic E-state index is 0.0672. The Labute approximate surface area is 102 Å². The normalized spacial score (nSPS) is 12.5. The Morgan fingerprint density at radius 3 is 2.12 bits per heavy atom. The average molecular weight is 224 g/mol. The summed E-state index contributed by atoms with van der Waals surface area (Å²) in [5.41, 5.74) is 1.19. The SMILES string of the molecule is C[C@H](/C=C/c1ccccc1)Oc1ccccc1. The largest absolute Gasteiger partial charge is 0.487 e. The summed E-state index contributed by atoms with van der Waals surface area (Å²) in [7, 11) is 0. The zero-order valence-corrected chi connectivity index (χ0v) is 9.91. The van der Waals surface area contributed by atoms with Crippen molar-refractivity contribution in [2.45, 2.75) is 13.0 Å². The topological polar surface area (TPSA) is 9.23 Å². The molecule has 0 aliphatic rings. The first-order valence-electron chi connectivity index (χ1n) is 5.79. The lowest BCUT2D eigenvalue weighted by atomic mass is 10.2. The Balaban J connectivity index is 1.94. The maximum atomic E-state index is 5.75. The maximum absolute atomic E-state index is 5.75. The number of para-hydroxylation sites is 1. The summed E-state index contributed by atoms with van der Waals surface area (Å²) in [5.74, 6) is 0.901. The Morgan fingerprint density at radius 1 is 0.882 bits per heavy atom. The van der Waals surface area contributed by atoms with Gasteiger partial charge in [-0.2, -0.15) is 0 Å². The van der Waals surface area contributed by atoms with Crippen LogP contribution in [0.25, 0.3) is 6.08 Å². The molecule has 0 radical (unpaired) electrons. The first-order valence-corrected chi connectivity index (χ1v) is 5.79. The second kappa shape index (κ2) is 5.90. The van der Waals surface area contributed by atoms with Crippen LogP contribution in [-0.2, 0) is 0 Å². The summed E-state index contributed by atoms with van der Waals surface area (Å²) in [4.78, 5) is 0. The molecule has 17 heavy (non-hydrogen) atoms. The Hall–Kier alpha value is -2.02. The molecule has 1 heteroatoms. The second-order valence-electron chi connectivity index (χ2n) is 3.91. The molecule has 0 amide bonds. The van der Waals surface area contributed by atoms with Gasteiger partial charge in [0.2, 0.25) is 0 Å². The van der Waals surface area contributed by atoms with Crippen molar-refractivity contribution in [3.63, 3.8) is 0 Å². The summed E-state index contributed by atoms with van der Waals surface area (Å²) < 4.78 is 5.75. The van der Waals surface area contributed by atoms with Crippen LogP contribution in [0.15, 0.2) is 66.7 Å². The molecule has 0 fully saturated rings. The smallest absolute Gasteiger partial charge is 0.120 e. The molecule has 0 heterocycles. The van der Waals surface area contributed by atoms with E-state index in [1.54, 1.807) is 0 Å². The van der Waals surface area contributed by atoms with Crippen molar-refractivity contribution in [3.8, 4) is 5.75 Å². The van der Waals surface area contributed by atoms with Gasteiger partial charge in [-0.1, -0.05) is 54.6 Å². The van der Waals surface area contributed by atoms with Crippen LogP contribution >= 0.6 is 0 Å². The minimum Gasteiger partial charge on any atom is -0.487 e. The van der Waals surface area contributed by atoms with E-state index in [1.165, 1.54) is 5.56 Å². The second-order valence-corrected chi connectivity index (χ2v) is 3.91. The van der Waals surface area contributed by atoms with Gasteiger partial charge < -0.3 is 4.74 Å². The third-order valence-electron chi connectivity index (χ3n) is 2.42. The highest BCUT2D eigenvalue weighted by Gasteiger charge is 1.97. The number of hydrogen-bond donors (Lipinski definition) is 0. The summed E-state index contributed by atoms with van der Waals surface area (Å²) in [5, 5.41) is 0. The van der Waals surface area contributed by atoms with E-state index < -0.39 is 0 Å². The molecule has 86 valence electrons. The van der Waals surface area contributed by atoms with Crippen LogP contribution < -0.4 is 4.74 Å². The molecule has 1 atom stereocenters. The number of hydrogen-bond acceptors (Lipinski definition) is 1. The van der Waals surface area contributed by atoms with E-state index in [-0.39, 0.29) is 6.10 Å². The van der Waals surface area contributed by atoms with Crippen LogP contribution in [0.1, 0.15) is 12.5 Å². The van der Waals surface area contributed by atoms with E-state index in [2.05, 4.69) is 24.3 Å². The summed E-state index contributed by atoms with van der Waals surface area (Å²) in [6.07, 6.45) is 4.20. The molecule has 0 aliphatic carbocycles. The standard InChI is InChI=1S/C16H16O/c1-14(17-16-10-6-3-7-11-16)12-13-15-8-4-2-5-9-15/h2-14H,1H3/b13-12+/t14-/m1/s1. The van der Waals surface area contributed by atoms with Crippen molar-refractivity contribution >= 4 is 6.08 Å². The molecule has 0 spiro atoms. The fourth-order valence-electron chi connectivity index (χ4n) is 1.56. The fraction of sp³-hybridized carbons (Fsp3) is 0.125. The molecule has 0 aromatic heterocycles. The molecule has 0 unspecified atom stereocenters. The van der Waals surface area contributed by atoms with E-state index in [4.69, 9.17) is 4.74 Å². The molecule has 0 saturated carbocycles. The summed E-state index contributed by atoms with van der Waals surface area (Å²) in [6, 6.07) is 20.1. The van der Waals surface area contributed by atoms with Crippen LogP contribution in [0.5, 0.6) is 5.75 Å². The van der Waals surface area contributed by atoms with Gasteiger partial charge in [-0.25, -0.2) is 0 Å². The van der Waals surface area contributed by atoms with Gasteiger partial charge in [0.25, 0.3) is 0 Å². The Kier molecular flexibility index (Phi) is 3.98. The highest BCUT2D eigenvalue weighted by molar-refractivity contribution is 5.49. The quantitative estimate of drug-likeness (QED) is 0.757. The van der Waals surface area contributed by atoms with Crippen molar-refractivity contribution in [3.05, 3.63) is 72.3 Å². The monoisotopic (exact) mass is 224 g/mol. The molecular weight excluding hydrogens is 208 g/mol. The molecule has 0 bridgehead atoms. The fourth-order valence-corrected chi connectivity index (χ4v) is 1.56. The summed E-state index contributed by atoms with van der Waals surface area (Å²) >= 11 is 0. The number of ether oxygens (including phenoxy) is 1. The van der Waals surface area contributed by atoms with E-state index in [0.717, 1.165) is 5.75 Å². The van der Waals surface area contributed by atoms with Crippen LogP contribution in [0, 0.1) is 0 Å². The van der Waals surface area contributed by atoms with Crippen molar-refractivity contribution in [2.75, 3.05) is 0 Å². The minimum atomic E-state index is 0.0672. The first kappa shape index (κ1) is 11.5. The third-order valence-corrected chi connectivity index (χ3v) is 2.42. The zero-order chi connectivity index (χ0) is 11.9. The molecule has 0 saturated heterocycles. The van der Waals surface area contributed by atoms with E-state index in [9.17, 15) is 0 Å². The Morgan fingerprint density at radius 2 is 1.47 bits per heavy atom. The highest BCUT2D eigenvalue weighted by atomic mass is 16.5. The van der Waals surface area contributed by atoms with Crippen LogP contribution in [0.2, 0.25) is 0 Å². The lowest BCUT2D eigenvalue weighted by molar-refractivity contribution is 0.270. The summed E-state index contributed by atoms with van der Waals surface area (Å²) in [6.45, 7) is 2.03. The maximum Gasteiger partial charge on any atom is 0.120 e. The zero-order valence-electron chi connectivity index (χ0n) is 9.91. The van der Waals surface area contributed by atoms with E-state index in [0.29, 0.717) is 0 Å². The van der Waals surface area contributed by atoms with Gasteiger partial charge in [0.05, 0.1) is 0 Å². The predicted octanol–water partition coefficient (Wildman–Crippen LogP) is 4.17. The number of rotatable bonds is 4. The first-order chi connectivity index (χ1) is 8.34. The molecule has 2 aromatic rings. The average Bonchev–Trinajstić information content (AvgIpc) is 2.39. The van der Waals surface area contributed by atoms with Crippen LogP contribution in [0.4, 0.5) is 0 Å². The van der Waals surface area contributed by atoms with Gasteiger partial charge in [0.1, 0.15) is 11.9 Å². The van der Waals surface area contributed by atoms with Gasteiger partial charge in [-0.15, -0.1) is 0 Å². The lowest BCUT2D eigenvalue weighted by Crippen LogP contribution is -2.07. The molecule has 0 N–H and O–H groups in total. The molecule has 2 rings (SSSR count). The molecule has 2 aromatic carbocycles. The lowest BCUT2D eigenvalue weighted by Gasteiger charge is -2.10. The van der Waals surface area contributed by atoms with Gasteiger partial charge >= 0.3 is 0 Å². The molecule has 0 aliphatic heterocycles. The molecular formula is C16H16O. The Bertz CT molecular complexity index is 459. The third kappa shape index (κ3) is 3.80. The van der Waals surface area contributed by atoms with Gasteiger partial charge in [-0.3, -0.25) is 0 Å². The van der Waals surface area contributed by atoms with Gasteiger partial charge in [0.15, 0.2) is 0 Å². The molecule has 1 nitrogen and oxygen atoms in total.